The Bertz CT molecular complexity index is 449. The van der Waals surface area contributed by atoms with Crippen molar-refractivity contribution in [2.45, 2.75) is 31.5 Å². The van der Waals surface area contributed by atoms with Crippen LogP contribution >= 0.6 is 11.3 Å². The van der Waals surface area contributed by atoms with Gasteiger partial charge in [-0.15, -0.1) is 10.2 Å². The van der Waals surface area contributed by atoms with E-state index in [2.05, 4.69) is 15.5 Å². The zero-order valence-corrected chi connectivity index (χ0v) is 9.88. The van der Waals surface area contributed by atoms with Crippen LogP contribution in [-0.2, 0) is 11.0 Å². The second-order valence-corrected chi connectivity index (χ2v) is 5.08. The van der Waals surface area contributed by atoms with Crippen molar-refractivity contribution in [2.24, 2.45) is 5.92 Å². The molecule has 1 saturated carbocycles. The Hall–Kier alpha value is -1.38. The molecule has 9 heteroatoms. The van der Waals surface area contributed by atoms with E-state index in [4.69, 9.17) is 5.11 Å². The fraction of sp³-hybridized carbons (Fsp3) is 0.667. The molecule has 0 aliphatic heterocycles. The Morgan fingerprint density at radius 1 is 1.39 bits per heavy atom. The van der Waals surface area contributed by atoms with Crippen LogP contribution in [0, 0.1) is 5.92 Å². The van der Waals surface area contributed by atoms with Crippen LogP contribution in [0.1, 0.15) is 24.3 Å². The zero-order valence-electron chi connectivity index (χ0n) is 9.07. The van der Waals surface area contributed by atoms with E-state index in [9.17, 15) is 18.0 Å². The largest absolute Gasteiger partial charge is 0.481 e. The summed E-state index contributed by atoms with van der Waals surface area (Å²) in [5.41, 5.74) is 0. The number of nitrogens with one attached hydrogen (secondary N) is 1. The van der Waals surface area contributed by atoms with E-state index in [0.717, 1.165) is 0 Å². The first-order chi connectivity index (χ1) is 8.36. The minimum absolute atomic E-state index is 0.0818. The molecule has 0 aromatic carbocycles. The molecule has 2 atom stereocenters. The summed E-state index contributed by atoms with van der Waals surface area (Å²) in [5, 5.41) is 17.1. The van der Waals surface area contributed by atoms with Gasteiger partial charge in [0.1, 0.15) is 0 Å². The molecule has 18 heavy (non-hydrogen) atoms. The maximum Gasteiger partial charge on any atom is 0.445 e. The van der Waals surface area contributed by atoms with Crippen molar-refractivity contribution in [3.63, 3.8) is 0 Å². The highest BCUT2D eigenvalue weighted by molar-refractivity contribution is 7.15. The maximum absolute atomic E-state index is 12.3. The van der Waals surface area contributed by atoms with E-state index in [1.54, 1.807) is 0 Å². The summed E-state index contributed by atoms with van der Waals surface area (Å²) in [7, 11) is 0. The van der Waals surface area contributed by atoms with Crippen molar-refractivity contribution < 1.29 is 23.1 Å². The number of hydrogen-bond acceptors (Lipinski definition) is 5. The number of anilines is 1. The SMILES string of the molecule is O=C(O)C1CCC(Nc2nnc(C(F)(F)F)s2)C1. The van der Waals surface area contributed by atoms with Gasteiger partial charge in [-0.05, 0) is 19.3 Å². The lowest BCUT2D eigenvalue weighted by Gasteiger charge is -2.09. The molecule has 1 heterocycles. The van der Waals surface area contributed by atoms with Gasteiger partial charge in [0.05, 0.1) is 5.92 Å². The van der Waals surface area contributed by atoms with Gasteiger partial charge in [0.15, 0.2) is 0 Å². The number of carbonyl (C=O) groups is 1. The normalized spacial score (nSPS) is 24.2. The predicted molar refractivity (Wildman–Crippen MR) is 57.3 cm³/mol. The Balaban J connectivity index is 1.95. The average molecular weight is 281 g/mol. The molecular weight excluding hydrogens is 271 g/mol. The molecule has 2 N–H and O–H groups in total. The predicted octanol–water partition coefficient (Wildman–Crippen LogP) is 2.22. The van der Waals surface area contributed by atoms with Crippen LogP contribution in [-0.4, -0.2) is 27.3 Å². The Morgan fingerprint density at radius 3 is 2.61 bits per heavy atom. The third kappa shape index (κ3) is 2.89. The molecule has 1 aliphatic carbocycles. The molecule has 1 aromatic heterocycles. The van der Waals surface area contributed by atoms with Gasteiger partial charge in [0.25, 0.3) is 0 Å². The summed E-state index contributed by atoms with van der Waals surface area (Å²) in [6.07, 6.45) is -2.96. The van der Waals surface area contributed by atoms with E-state index in [1.807, 2.05) is 0 Å². The number of halogens is 3. The second kappa shape index (κ2) is 4.71. The first-order valence-electron chi connectivity index (χ1n) is 5.26. The van der Waals surface area contributed by atoms with Crippen molar-refractivity contribution in [3.05, 3.63) is 5.01 Å². The van der Waals surface area contributed by atoms with Crippen LogP contribution in [0.4, 0.5) is 18.3 Å². The van der Waals surface area contributed by atoms with E-state index >= 15 is 0 Å². The smallest absolute Gasteiger partial charge is 0.445 e. The van der Waals surface area contributed by atoms with Crippen molar-refractivity contribution in [2.75, 3.05) is 5.32 Å². The van der Waals surface area contributed by atoms with Crippen molar-refractivity contribution in [3.8, 4) is 0 Å². The average Bonchev–Trinajstić information content (AvgIpc) is 2.85. The summed E-state index contributed by atoms with van der Waals surface area (Å²) in [4.78, 5) is 10.7. The molecule has 0 radical (unpaired) electrons. The number of aliphatic carboxylic acids is 1. The lowest BCUT2D eigenvalue weighted by Crippen LogP contribution is -2.17. The van der Waals surface area contributed by atoms with Gasteiger partial charge in [0.2, 0.25) is 10.1 Å². The molecular formula is C9H10F3N3O2S. The zero-order chi connectivity index (χ0) is 13.3. The van der Waals surface area contributed by atoms with Gasteiger partial charge < -0.3 is 10.4 Å². The fourth-order valence-electron chi connectivity index (χ4n) is 1.91. The molecule has 1 aromatic rings. The highest BCUT2D eigenvalue weighted by Crippen LogP contribution is 2.34. The number of carboxylic acids is 1. The van der Waals surface area contributed by atoms with Gasteiger partial charge in [-0.1, -0.05) is 11.3 Å². The summed E-state index contributed by atoms with van der Waals surface area (Å²) >= 11 is 0.431. The Kier molecular flexibility index (Phi) is 3.42. The fourth-order valence-corrected chi connectivity index (χ4v) is 2.60. The minimum atomic E-state index is -4.49. The quantitative estimate of drug-likeness (QED) is 0.888. The van der Waals surface area contributed by atoms with E-state index in [1.165, 1.54) is 0 Å². The van der Waals surface area contributed by atoms with Crippen LogP contribution in [0.2, 0.25) is 0 Å². The van der Waals surface area contributed by atoms with Crippen LogP contribution in [0.3, 0.4) is 0 Å². The van der Waals surface area contributed by atoms with E-state index in [-0.39, 0.29) is 11.2 Å². The number of rotatable bonds is 3. The maximum atomic E-state index is 12.3. The summed E-state index contributed by atoms with van der Waals surface area (Å²) in [6, 6.07) is -0.153. The standard InChI is InChI=1S/C9H10F3N3O2S/c10-9(11,12)7-14-15-8(18-7)13-5-2-1-4(3-5)6(16)17/h4-5H,1-3H2,(H,13,15)(H,16,17). The second-order valence-electron chi connectivity index (χ2n) is 4.10. The first-order valence-corrected chi connectivity index (χ1v) is 6.08. The van der Waals surface area contributed by atoms with Gasteiger partial charge >= 0.3 is 12.1 Å². The topological polar surface area (TPSA) is 75.1 Å². The summed E-state index contributed by atoms with van der Waals surface area (Å²) < 4.78 is 36.9. The number of aromatic nitrogens is 2. The van der Waals surface area contributed by atoms with Crippen molar-refractivity contribution >= 4 is 22.4 Å². The number of carboxylic acid groups (broad SMARTS) is 1. The van der Waals surface area contributed by atoms with Gasteiger partial charge in [-0.25, -0.2) is 0 Å². The van der Waals surface area contributed by atoms with Gasteiger partial charge in [-0.3, -0.25) is 4.79 Å². The molecule has 1 fully saturated rings. The number of alkyl halides is 3. The van der Waals surface area contributed by atoms with Crippen LogP contribution < -0.4 is 5.32 Å². The molecule has 100 valence electrons. The molecule has 1 aliphatic rings. The molecule has 0 spiro atoms. The highest BCUT2D eigenvalue weighted by Gasteiger charge is 2.36. The lowest BCUT2D eigenvalue weighted by atomic mass is 10.1. The minimum Gasteiger partial charge on any atom is -0.481 e. The highest BCUT2D eigenvalue weighted by atomic mass is 32.1. The molecule has 5 nitrogen and oxygen atoms in total. The van der Waals surface area contributed by atoms with Crippen molar-refractivity contribution in [1.29, 1.82) is 0 Å². The van der Waals surface area contributed by atoms with Crippen LogP contribution in [0.25, 0.3) is 0 Å². The van der Waals surface area contributed by atoms with Crippen molar-refractivity contribution in [1.82, 2.24) is 10.2 Å². The third-order valence-electron chi connectivity index (χ3n) is 2.78. The Labute approximate surface area is 104 Å². The van der Waals surface area contributed by atoms with E-state index in [0.29, 0.717) is 30.6 Å². The van der Waals surface area contributed by atoms with Gasteiger partial charge in [0, 0.05) is 6.04 Å². The molecule has 0 amide bonds. The lowest BCUT2D eigenvalue weighted by molar-refractivity contribution is -0.141. The first kappa shape index (κ1) is 13.1. The number of hydrogen-bond donors (Lipinski definition) is 2. The molecule has 0 saturated heterocycles. The number of nitrogens with zero attached hydrogens (tertiary/aromatic N) is 2. The summed E-state index contributed by atoms with van der Waals surface area (Å²) in [5.74, 6) is -1.30. The monoisotopic (exact) mass is 281 g/mol. The Morgan fingerprint density at radius 2 is 2.11 bits per heavy atom. The molecule has 2 rings (SSSR count). The van der Waals surface area contributed by atoms with Crippen LogP contribution in [0.5, 0.6) is 0 Å². The third-order valence-corrected chi connectivity index (χ3v) is 3.68. The van der Waals surface area contributed by atoms with Gasteiger partial charge in [-0.2, -0.15) is 13.2 Å². The van der Waals surface area contributed by atoms with Crippen LogP contribution in [0.15, 0.2) is 0 Å². The summed E-state index contributed by atoms with van der Waals surface area (Å²) in [6.45, 7) is 0. The van der Waals surface area contributed by atoms with E-state index < -0.39 is 23.1 Å². The molecule has 0 bridgehead atoms. The molecule has 2 unspecified atom stereocenters.